The van der Waals surface area contributed by atoms with Crippen molar-refractivity contribution >= 4 is 29.0 Å². The minimum absolute atomic E-state index is 0.0771. The second-order valence-corrected chi connectivity index (χ2v) is 8.50. The first-order valence-corrected chi connectivity index (χ1v) is 10.5. The van der Waals surface area contributed by atoms with Crippen molar-refractivity contribution in [2.24, 2.45) is 11.8 Å². The standard InChI is InChI=1S/C22H28ClFN4O2/c1-28(2)22(30)20-18(25)8-7-15(21(20)24)16-11-27-19(9-17(16)23)26-10-13-3-5-14(12-29)6-4-13/h7-9,11,13-14,29H,3-6,10,12,25H2,1-2H3,(H,26,27). The van der Waals surface area contributed by atoms with Crippen molar-refractivity contribution in [2.75, 3.05) is 38.3 Å². The van der Waals surface area contributed by atoms with E-state index in [1.165, 1.54) is 23.2 Å². The van der Waals surface area contributed by atoms with Gasteiger partial charge in [0.15, 0.2) is 0 Å². The summed E-state index contributed by atoms with van der Waals surface area (Å²) in [7, 11) is 3.08. The predicted molar refractivity (Wildman–Crippen MR) is 118 cm³/mol. The first-order chi connectivity index (χ1) is 14.3. The third-order valence-corrected chi connectivity index (χ3v) is 6.05. The van der Waals surface area contributed by atoms with Crippen molar-refractivity contribution in [3.05, 3.63) is 40.8 Å². The lowest BCUT2D eigenvalue weighted by Gasteiger charge is -2.27. The van der Waals surface area contributed by atoms with Gasteiger partial charge >= 0.3 is 0 Å². The average molecular weight is 435 g/mol. The van der Waals surface area contributed by atoms with Crippen molar-refractivity contribution < 1.29 is 14.3 Å². The molecule has 1 aliphatic rings. The van der Waals surface area contributed by atoms with Gasteiger partial charge in [0.05, 0.1) is 10.6 Å². The molecule has 0 saturated heterocycles. The van der Waals surface area contributed by atoms with Gasteiger partial charge in [0, 0.05) is 50.3 Å². The molecule has 1 heterocycles. The number of nitrogen functional groups attached to an aromatic ring is 1. The van der Waals surface area contributed by atoms with E-state index >= 15 is 4.39 Å². The van der Waals surface area contributed by atoms with Gasteiger partial charge in [-0.1, -0.05) is 11.6 Å². The van der Waals surface area contributed by atoms with Gasteiger partial charge in [-0.3, -0.25) is 4.79 Å². The second kappa shape index (κ2) is 9.62. The van der Waals surface area contributed by atoms with Gasteiger partial charge in [-0.25, -0.2) is 9.37 Å². The lowest BCUT2D eigenvalue weighted by atomic mass is 9.82. The minimum atomic E-state index is -0.709. The van der Waals surface area contributed by atoms with Crippen LogP contribution in [0.15, 0.2) is 24.4 Å². The Morgan fingerprint density at radius 3 is 2.53 bits per heavy atom. The molecule has 3 rings (SSSR count). The molecular formula is C22H28ClFN4O2. The van der Waals surface area contributed by atoms with Crippen LogP contribution in [0.25, 0.3) is 11.1 Å². The molecule has 2 aromatic rings. The smallest absolute Gasteiger partial charge is 0.258 e. The van der Waals surface area contributed by atoms with Gasteiger partial charge in [0.2, 0.25) is 0 Å². The van der Waals surface area contributed by atoms with Crippen LogP contribution in [0.1, 0.15) is 36.0 Å². The molecule has 1 fully saturated rings. The highest BCUT2D eigenvalue weighted by Gasteiger charge is 2.23. The lowest BCUT2D eigenvalue weighted by Crippen LogP contribution is -2.24. The number of carbonyl (C=O) groups is 1. The zero-order chi connectivity index (χ0) is 21.8. The Morgan fingerprint density at radius 2 is 1.93 bits per heavy atom. The fourth-order valence-corrected chi connectivity index (χ4v) is 4.09. The average Bonchev–Trinajstić information content (AvgIpc) is 2.73. The molecule has 0 spiro atoms. The van der Waals surface area contributed by atoms with Crippen molar-refractivity contribution in [1.29, 1.82) is 0 Å². The normalized spacial score (nSPS) is 18.8. The number of rotatable bonds is 6. The number of benzene rings is 1. The van der Waals surface area contributed by atoms with E-state index in [-0.39, 0.29) is 23.4 Å². The number of nitrogens with two attached hydrogens (primary N) is 1. The Bertz CT molecular complexity index is 914. The molecule has 30 heavy (non-hydrogen) atoms. The van der Waals surface area contributed by atoms with E-state index in [2.05, 4.69) is 10.3 Å². The first kappa shape index (κ1) is 22.3. The Balaban J connectivity index is 1.76. The van der Waals surface area contributed by atoms with Crippen LogP contribution >= 0.6 is 11.6 Å². The summed E-state index contributed by atoms with van der Waals surface area (Å²) < 4.78 is 15.1. The topological polar surface area (TPSA) is 91.5 Å². The molecule has 1 aromatic carbocycles. The fourth-order valence-electron chi connectivity index (χ4n) is 3.83. The van der Waals surface area contributed by atoms with Crippen molar-refractivity contribution in [3.8, 4) is 11.1 Å². The highest BCUT2D eigenvalue weighted by Crippen LogP contribution is 2.34. The van der Waals surface area contributed by atoms with Crippen LogP contribution in [0.3, 0.4) is 0 Å². The molecule has 0 aliphatic heterocycles. The van der Waals surface area contributed by atoms with Gasteiger partial charge in [-0.15, -0.1) is 0 Å². The van der Waals surface area contributed by atoms with Crippen molar-refractivity contribution in [1.82, 2.24) is 9.88 Å². The molecular weight excluding hydrogens is 407 g/mol. The van der Waals surface area contributed by atoms with Gasteiger partial charge in [0.25, 0.3) is 5.91 Å². The number of amides is 1. The van der Waals surface area contributed by atoms with Gasteiger partial charge in [-0.2, -0.15) is 0 Å². The monoisotopic (exact) mass is 434 g/mol. The fraction of sp³-hybridized carbons (Fsp3) is 0.455. The number of aliphatic hydroxyl groups excluding tert-OH is 1. The quantitative estimate of drug-likeness (QED) is 0.597. The molecule has 1 saturated carbocycles. The summed E-state index contributed by atoms with van der Waals surface area (Å²) in [5, 5.41) is 12.9. The van der Waals surface area contributed by atoms with Crippen LogP contribution in [-0.4, -0.2) is 48.1 Å². The van der Waals surface area contributed by atoms with E-state index in [0.717, 1.165) is 32.2 Å². The largest absolute Gasteiger partial charge is 0.398 e. The van der Waals surface area contributed by atoms with E-state index in [1.807, 2.05) is 0 Å². The van der Waals surface area contributed by atoms with E-state index in [0.29, 0.717) is 28.2 Å². The number of pyridine rings is 1. The molecule has 0 radical (unpaired) electrons. The van der Waals surface area contributed by atoms with E-state index in [9.17, 15) is 9.90 Å². The van der Waals surface area contributed by atoms with E-state index < -0.39 is 11.7 Å². The molecule has 0 unspecified atom stereocenters. The molecule has 1 aromatic heterocycles. The number of anilines is 2. The third-order valence-electron chi connectivity index (χ3n) is 5.73. The highest BCUT2D eigenvalue weighted by molar-refractivity contribution is 6.33. The molecule has 0 bridgehead atoms. The van der Waals surface area contributed by atoms with E-state index in [4.69, 9.17) is 17.3 Å². The number of aliphatic hydroxyl groups is 1. The third kappa shape index (κ3) is 4.84. The molecule has 0 atom stereocenters. The number of hydrogen-bond acceptors (Lipinski definition) is 5. The highest BCUT2D eigenvalue weighted by atomic mass is 35.5. The molecule has 162 valence electrons. The molecule has 1 aliphatic carbocycles. The summed E-state index contributed by atoms with van der Waals surface area (Å²) in [4.78, 5) is 18.0. The summed E-state index contributed by atoms with van der Waals surface area (Å²) in [5.41, 5.74) is 6.32. The Hall–Kier alpha value is -2.38. The predicted octanol–water partition coefficient (Wildman–Crippen LogP) is 4.04. The van der Waals surface area contributed by atoms with Crippen LogP contribution in [0.2, 0.25) is 5.02 Å². The molecule has 1 amide bonds. The first-order valence-electron chi connectivity index (χ1n) is 10.1. The van der Waals surface area contributed by atoms with E-state index in [1.54, 1.807) is 20.2 Å². The number of aromatic nitrogens is 1. The van der Waals surface area contributed by atoms with Crippen LogP contribution in [0.4, 0.5) is 15.9 Å². The minimum Gasteiger partial charge on any atom is -0.398 e. The summed E-state index contributed by atoms with van der Waals surface area (Å²) in [6.45, 7) is 1.04. The number of hydrogen-bond donors (Lipinski definition) is 3. The van der Waals surface area contributed by atoms with Crippen LogP contribution < -0.4 is 11.1 Å². The number of carbonyl (C=O) groups excluding carboxylic acids is 1. The summed E-state index contributed by atoms with van der Waals surface area (Å²) >= 11 is 6.43. The zero-order valence-corrected chi connectivity index (χ0v) is 18.0. The summed E-state index contributed by atoms with van der Waals surface area (Å²) in [6, 6.07) is 4.67. The lowest BCUT2D eigenvalue weighted by molar-refractivity contribution is 0.0824. The van der Waals surface area contributed by atoms with Crippen molar-refractivity contribution in [3.63, 3.8) is 0 Å². The Labute approximate surface area is 181 Å². The SMILES string of the molecule is CN(C)C(=O)c1c(N)ccc(-c2cnc(NCC3CCC(CO)CC3)cc2Cl)c1F. The number of nitrogens with zero attached hydrogens (tertiary/aromatic N) is 2. The molecule has 6 nitrogen and oxygen atoms in total. The summed E-state index contributed by atoms with van der Waals surface area (Å²) in [6.07, 6.45) is 5.74. The summed E-state index contributed by atoms with van der Waals surface area (Å²) in [5.74, 6) is 0.353. The zero-order valence-electron chi connectivity index (χ0n) is 17.3. The Kier molecular flexibility index (Phi) is 7.15. The molecule has 4 N–H and O–H groups in total. The number of halogens is 2. The number of nitrogens with one attached hydrogen (secondary N) is 1. The van der Waals surface area contributed by atoms with Gasteiger partial charge in [0.1, 0.15) is 11.6 Å². The molecule has 8 heteroatoms. The van der Waals surface area contributed by atoms with Crippen molar-refractivity contribution in [2.45, 2.75) is 25.7 Å². The Morgan fingerprint density at radius 1 is 1.27 bits per heavy atom. The second-order valence-electron chi connectivity index (χ2n) is 8.09. The van der Waals surface area contributed by atoms with Crippen LogP contribution in [0, 0.1) is 17.7 Å². The maximum atomic E-state index is 15.1. The van der Waals surface area contributed by atoms with Gasteiger partial charge < -0.3 is 21.1 Å². The maximum absolute atomic E-state index is 15.1. The van der Waals surface area contributed by atoms with Crippen LogP contribution in [0.5, 0.6) is 0 Å². The van der Waals surface area contributed by atoms with Gasteiger partial charge in [-0.05, 0) is 55.7 Å². The van der Waals surface area contributed by atoms with Crippen LogP contribution in [-0.2, 0) is 0 Å². The maximum Gasteiger partial charge on any atom is 0.258 e.